The summed E-state index contributed by atoms with van der Waals surface area (Å²) in [5.41, 5.74) is 2.77. The van der Waals surface area contributed by atoms with E-state index in [1.165, 1.54) is 56.2 Å². The number of nitrogens with one attached hydrogen (secondary N) is 1. The summed E-state index contributed by atoms with van der Waals surface area (Å²) >= 11 is 0. The van der Waals surface area contributed by atoms with Gasteiger partial charge in [-0.2, -0.15) is 0 Å². The Kier molecular flexibility index (Phi) is 7.53. The number of unbranched alkanes of at least 4 members (excludes halogenated alkanes) is 5. The van der Waals surface area contributed by atoms with Crippen LogP contribution in [0.25, 0.3) is 0 Å². The van der Waals surface area contributed by atoms with Gasteiger partial charge in [0.1, 0.15) is 0 Å². The second-order valence-corrected chi connectivity index (χ2v) is 4.75. The Morgan fingerprint density at radius 3 is 2.18 bits per heavy atom. The predicted molar refractivity (Wildman–Crippen MR) is 77.7 cm³/mol. The fraction of sp³-hybridized carbons (Fsp3) is 0.625. The summed E-state index contributed by atoms with van der Waals surface area (Å²) in [6, 6.07) is 8.46. The number of hydrogen-bond acceptors (Lipinski definition) is 1. The first-order valence-corrected chi connectivity index (χ1v) is 7.20. The van der Waals surface area contributed by atoms with Crippen molar-refractivity contribution >= 4 is 5.69 Å². The second-order valence-electron chi connectivity index (χ2n) is 4.75. The Morgan fingerprint density at radius 1 is 0.941 bits per heavy atom. The van der Waals surface area contributed by atoms with E-state index in [1.807, 2.05) is 0 Å². The molecule has 96 valence electrons. The van der Waals surface area contributed by atoms with E-state index in [0.717, 1.165) is 6.54 Å². The van der Waals surface area contributed by atoms with E-state index in [2.05, 4.69) is 43.4 Å². The van der Waals surface area contributed by atoms with Gasteiger partial charge in [0, 0.05) is 12.2 Å². The van der Waals surface area contributed by atoms with Crippen molar-refractivity contribution in [2.75, 3.05) is 11.9 Å². The molecule has 1 heteroatoms. The van der Waals surface area contributed by atoms with E-state index < -0.39 is 0 Å². The Labute approximate surface area is 107 Å². The Morgan fingerprint density at radius 2 is 1.59 bits per heavy atom. The molecular formula is C16H27N. The molecule has 1 aliphatic heterocycles. The standard InChI is InChI=1S/C8H9N.C8H18/c1-2-4-8-7(3-1)5-6-9-8;1-3-5-7-8-6-4-2/h1-4,9H,5-6H2;3-8H2,1-2H3. The van der Waals surface area contributed by atoms with E-state index in [4.69, 9.17) is 0 Å². The molecule has 0 bridgehead atoms. The molecule has 0 aromatic heterocycles. The maximum absolute atomic E-state index is 3.30. The molecule has 0 radical (unpaired) electrons. The molecule has 1 nitrogen and oxygen atoms in total. The van der Waals surface area contributed by atoms with Crippen LogP contribution in [-0.2, 0) is 6.42 Å². The first kappa shape index (κ1) is 14.1. The molecule has 1 N–H and O–H groups in total. The van der Waals surface area contributed by atoms with Crippen LogP contribution in [0, 0.1) is 0 Å². The second kappa shape index (κ2) is 9.09. The van der Waals surface area contributed by atoms with Gasteiger partial charge in [-0.3, -0.25) is 0 Å². The highest BCUT2D eigenvalue weighted by Gasteiger charge is 2.05. The van der Waals surface area contributed by atoms with Crippen LogP contribution in [0.1, 0.15) is 57.9 Å². The third-order valence-electron chi connectivity index (χ3n) is 3.18. The largest absolute Gasteiger partial charge is 0.384 e. The third-order valence-corrected chi connectivity index (χ3v) is 3.18. The van der Waals surface area contributed by atoms with E-state index in [0.29, 0.717) is 0 Å². The summed E-state index contributed by atoms with van der Waals surface area (Å²) in [7, 11) is 0. The zero-order chi connectivity index (χ0) is 12.3. The zero-order valence-electron chi connectivity index (χ0n) is 11.5. The molecular weight excluding hydrogens is 206 g/mol. The van der Waals surface area contributed by atoms with Gasteiger partial charge in [-0.1, -0.05) is 70.6 Å². The maximum atomic E-state index is 3.30. The van der Waals surface area contributed by atoms with Gasteiger partial charge in [0.25, 0.3) is 0 Å². The van der Waals surface area contributed by atoms with E-state index in [1.54, 1.807) is 0 Å². The van der Waals surface area contributed by atoms with Gasteiger partial charge < -0.3 is 5.32 Å². The SMILES string of the molecule is CCCCCCCC.c1ccc2c(c1)CCN2. The summed E-state index contributed by atoms with van der Waals surface area (Å²) < 4.78 is 0. The van der Waals surface area contributed by atoms with Gasteiger partial charge in [0.15, 0.2) is 0 Å². The molecule has 1 aromatic carbocycles. The van der Waals surface area contributed by atoms with Crippen LogP contribution < -0.4 is 5.32 Å². The van der Waals surface area contributed by atoms with Crippen LogP contribution in [0.4, 0.5) is 5.69 Å². The van der Waals surface area contributed by atoms with Gasteiger partial charge in [0.2, 0.25) is 0 Å². The smallest absolute Gasteiger partial charge is 0.0373 e. The lowest BCUT2D eigenvalue weighted by molar-refractivity contribution is 0.624. The predicted octanol–water partition coefficient (Wildman–Crippen LogP) is 5.02. The highest BCUT2D eigenvalue weighted by atomic mass is 14.9. The third kappa shape index (κ3) is 5.76. The molecule has 0 atom stereocenters. The lowest BCUT2D eigenvalue weighted by Crippen LogP contribution is -1.90. The summed E-state index contributed by atoms with van der Waals surface area (Å²) in [5.74, 6) is 0. The van der Waals surface area contributed by atoms with E-state index in [-0.39, 0.29) is 0 Å². The van der Waals surface area contributed by atoms with Crippen LogP contribution in [0.3, 0.4) is 0 Å². The lowest BCUT2D eigenvalue weighted by Gasteiger charge is -1.94. The molecule has 1 aliphatic rings. The van der Waals surface area contributed by atoms with E-state index >= 15 is 0 Å². The fourth-order valence-electron chi connectivity index (χ4n) is 2.10. The summed E-state index contributed by atoms with van der Waals surface area (Å²) in [4.78, 5) is 0. The highest BCUT2D eigenvalue weighted by Crippen LogP contribution is 2.19. The van der Waals surface area contributed by atoms with Crippen LogP contribution in [0.5, 0.6) is 0 Å². The summed E-state index contributed by atoms with van der Waals surface area (Å²) in [6.07, 6.45) is 9.68. The number of rotatable bonds is 5. The summed E-state index contributed by atoms with van der Waals surface area (Å²) in [6.45, 7) is 5.62. The fourth-order valence-corrected chi connectivity index (χ4v) is 2.10. The molecule has 17 heavy (non-hydrogen) atoms. The average molecular weight is 233 g/mol. The molecule has 0 fully saturated rings. The minimum Gasteiger partial charge on any atom is -0.384 e. The van der Waals surface area contributed by atoms with Crippen molar-refractivity contribution in [1.82, 2.24) is 0 Å². The van der Waals surface area contributed by atoms with Crippen molar-refractivity contribution < 1.29 is 0 Å². The van der Waals surface area contributed by atoms with E-state index in [9.17, 15) is 0 Å². The van der Waals surface area contributed by atoms with Crippen molar-refractivity contribution in [1.29, 1.82) is 0 Å². The Balaban J connectivity index is 0.000000172. The van der Waals surface area contributed by atoms with Gasteiger partial charge in [-0.25, -0.2) is 0 Å². The topological polar surface area (TPSA) is 12.0 Å². The number of benzene rings is 1. The maximum Gasteiger partial charge on any atom is 0.0373 e. The van der Waals surface area contributed by atoms with Gasteiger partial charge in [-0.05, 0) is 18.1 Å². The van der Waals surface area contributed by atoms with Crippen LogP contribution in [0.15, 0.2) is 24.3 Å². The van der Waals surface area contributed by atoms with Crippen molar-refractivity contribution in [2.24, 2.45) is 0 Å². The van der Waals surface area contributed by atoms with Crippen LogP contribution in [0.2, 0.25) is 0 Å². The first-order chi connectivity index (χ1) is 8.38. The molecule has 0 spiro atoms. The summed E-state index contributed by atoms with van der Waals surface area (Å²) in [5, 5.41) is 3.30. The molecule has 0 amide bonds. The van der Waals surface area contributed by atoms with Crippen LogP contribution >= 0.6 is 0 Å². The number of hydrogen-bond donors (Lipinski definition) is 1. The number of para-hydroxylation sites is 1. The van der Waals surface area contributed by atoms with Crippen molar-refractivity contribution in [3.05, 3.63) is 29.8 Å². The highest BCUT2D eigenvalue weighted by molar-refractivity contribution is 5.54. The zero-order valence-corrected chi connectivity index (χ0v) is 11.5. The lowest BCUT2D eigenvalue weighted by atomic mass is 10.1. The molecule has 0 unspecified atom stereocenters. The molecule has 2 rings (SSSR count). The Hall–Kier alpha value is -0.980. The van der Waals surface area contributed by atoms with Gasteiger partial charge >= 0.3 is 0 Å². The quantitative estimate of drug-likeness (QED) is 0.704. The molecule has 0 aliphatic carbocycles. The van der Waals surface area contributed by atoms with Gasteiger partial charge in [0.05, 0.1) is 0 Å². The normalized spacial score (nSPS) is 12.4. The molecule has 1 aromatic rings. The molecule has 0 saturated carbocycles. The van der Waals surface area contributed by atoms with Crippen molar-refractivity contribution in [2.45, 2.75) is 58.8 Å². The molecule has 0 saturated heterocycles. The number of fused-ring (bicyclic) bond motifs is 1. The Bertz CT molecular complexity index is 264. The van der Waals surface area contributed by atoms with Crippen molar-refractivity contribution in [3.63, 3.8) is 0 Å². The monoisotopic (exact) mass is 233 g/mol. The number of anilines is 1. The first-order valence-electron chi connectivity index (χ1n) is 7.20. The minimum atomic E-state index is 1.11. The van der Waals surface area contributed by atoms with Gasteiger partial charge in [-0.15, -0.1) is 0 Å². The van der Waals surface area contributed by atoms with Crippen molar-refractivity contribution in [3.8, 4) is 0 Å². The van der Waals surface area contributed by atoms with Crippen LogP contribution in [-0.4, -0.2) is 6.54 Å². The molecule has 1 heterocycles. The minimum absolute atomic E-state index is 1.11. The average Bonchev–Trinajstić information content (AvgIpc) is 2.84.